The van der Waals surface area contributed by atoms with E-state index in [2.05, 4.69) is 5.32 Å². The van der Waals surface area contributed by atoms with Crippen LogP contribution in [-0.4, -0.2) is 31.7 Å². The maximum absolute atomic E-state index is 12.9. The Balaban J connectivity index is 1.69. The molecule has 1 fully saturated rings. The molecule has 1 N–H and O–H groups in total. The van der Waals surface area contributed by atoms with Gasteiger partial charge in [-0.3, -0.25) is 4.79 Å². The molecule has 0 bridgehead atoms. The molecule has 0 unspecified atom stereocenters. The normalized spacial score (nSPS) is 16.2. The number of anilines is 1. The topological polar surface area (TPSA) is 66.5 Å². The lowest BCUT2D eigenvalue weighted by atomic mass is 9.96. The van der Waals surface area contributed by atoms with Crippen molar-refractivity contribution < 1.29 is 13.2 Å². The summed E-state index contributed by atoms with van der Waals surface area (Å²) in [6, 6.07) is 7.19. The number of carbonyl (C=O) groups excluding carboxylic acids is 1. The van der Waals surface area contributed by atoms with E-state index in [1.165, 1.54) is 15.6 Å². The highest BCUT2D eigenvalue weighted by Gasteiger charge is 2.33. The van der Waals surface area contributed by atoms with Crippen LogP contribution in [-0.2, 0) is 27.7 Å². The fraction of sp³-hybridized carbons (Fsp3) is 0.450. The van der Waals surface area contributed by atoms with Crippen LogP contribution in [0.4, 0.5) is 5.69 Å². The minimum absolute atomic E-state index is 0.0557. The van der Waals surface area contributed by atoms with Gasteiger partial charge < -0.3 is 5.32 Å². The summed E-state index contributed by atoms with van der Waals surface area (Å²) >= 11 is 7.54. The maximum atomic E-state index is 12.9. The van der Waals surface area contributed by atoms with Crippen LogP contribution in [0.2, 0.25) is 5.02 Å². The highest BCUT2D eigenvalue weighted by atomic mass is 35.5. The van der Waals surface area contributed by atoms with Crippen LogP contribution in [0.15, 0.2) is 33.9 Å². The first-order valence-electron chi connectivity index (χ1n) is 9.53. The van der Waals surface area contributed by atoms with Gasteiger partial charge in [0.2, 0.25) is 5.91 Å². The van der Waals surface area contributed by atoms with Crippen LogP contribution in [0.1, 0.15) is 37.8 Å². The first-order valence-corrected chi connectivity index (χ1v) is 12.2. The van der Waals surface area contributed by atoms with Crippen molar-refractivity contribution in [2.24, 2.45) is 5.92 Å². The van der Waals surface area contributed by atoms with Gasteiger partial charge in [-0.15, -0.1) is 11.3 Å². The predicted molar refractivity (Wildman–Crippen MR) is 115 cm³/mol. The number of amides is 1. The monoisotopic (exact) mass is 440 g/mol. The second kappa shape index (κ2) is 8.95. The highest BCUT2D eigenvalue weighted by Crippen LogP contribution is 2.31. The number of thiophene rings is 1. The summed E-state index contributed by atoms with van der Waals surface area (Å²) in [5.41, 5.74) is 2.83. The first kappa shape index (κ1) is 21.3. The zero-order valence-electron chi connectivity index (χ0n) is 16.1. The van der Waals surface area contributed by atoms with Crippen molar-refractivity contribution in [2.45, 2.75) is 43.7 Å². The van der Waals surface area contributed by atoms with Gasteiger partial charge in [-0.25, -0.2) is 8.42 Å². The third-order valence-corrected chi connectivity index (χ3v) is 8.86. The van der Waals surface area contributed by atoms with E-state index >= 15 is 0 Å². The van der Waals surface area contributed by atoms with E-state index in [4.69, 9.17) is 11.6 Å². The number of carbonyl (C=O) groups is 1. The molecule has 1 aliphatic rings. The Kier molecular flexibility index (Phi) is 6.81. The van der Waals surface area contributed by atoms with Crippen molar-refractivity contribution in [1.82, 2.24) is 4.31 Å². The van der Waals surface area contributed by atoms with Gasteiger partial charge >= 0.3 is 0 Å². The van der Waals surface area contributed by atoms with E-state index in [1.807, 2.05) is 26.0 Å². The zero-order chi connectivity index (χ0) is 20.3. The number of rotatable bonds is 6. The number of aryl methyl sites for hydroxylation is 1. The van der Waals surface area contributed by atoms with Crippen molar-refractivity contribution >= 4 is 44.6 Å². The maximum Gasteiger partial charge on any atom is 0.252 e. The molecule has 28 heavy (non-hydrogen) atoms. The third kappa shape index (κ3) is 4.27. The smallest absolute Gasteiger partial charge is 0.252 e. The van der Waals surface area contributed by atoms with E-state index in [-0.39, 0.29) is 11.8 Å². The van der Waals surface area contributed by atoms with E-state index in [1.54, 1.807) is 17.5 Å². The number of benzene rings is 1. The SMILES string of the molecule is CCc1ccc(Cl)c(CC)c1NC(=O)C1CCN(S(=O)(=O)c2cccs2)CC1. The van der Waals surface area contributed by atoms with Crippen molar-refractivity contribution in [1.29, 1.82) is 0 Å². The van der Waals surface area contributed by atoms with Gasteiger partial charge in [0.05, 0.1) is 0 Å². The Hall–Kier alpha value is -1.41. The number of sulfonamides is 1. The molecule has 1 saturated heterocycles. The Morgan fingerprint density at radius 2 is 1.93 bits per heavy atom. The van der Waals surface area contributed by atoms with Crippen molar-refractivity contribution in [2.75, 3.05) is 18.4 Å². The molecule has 0 saturated carbocycles. The number of hydrogen-bond acceptors (Lipinski definition) is 4. The van der Waals surface area contributed by atoms with Crippen molar-refractivity contribution in [3.63, 3.8) is 0 Å². The molecule has 0 atom stereocenters. The number of hydrogen-bond donors (Lipinski definition) is 1. The Labute approximate surface area is 175 Å². The summed E-state index contributed by atoms with van der Waals surface area (Å²) in [7, 11) is -3.45. The molecular weight excluding hydrogens is 416 g/mol. The van der Waals surface area contributed by atoms with Crippen LogP contribution in [0.5, 0.6) is 0 Å². The largest absolute Gasteiger partial charge is 0.325 e. The summed E-state index contributed by atoms with van der Waals surface area (Å²) in [6.07, 6.45) is 2.57. The van der Waals surface area contributed by atoms with Crippen LogP contribution in [0.25, 0.3) is 0 Å². The van der Waals surface area contributed by atoms with Gasteiger partial charge in [-0.2, -0.15) is 4.31 Å². The van der Waals surface area contributed by atoms with Crippen molar-refractivity contribution in [3.8, 4) is 0 Å². The quantitative estimate of drug-likeness (QED) is 0.715. The van der Waals surface area contributed by atoms with Gasteiger partial charge in [0.25, 0.3) is 10.0 Å². The molecule has 0 radical (unpaired) electrons. The molecule has 1 aromatic carbocycles. The second-order valence-electron chi connectivity index (χ2n) is 6.87. The molecule has 2 heterocycles. The first-order chi connectivity index (χ1) is 13.4. The van der Waals surface area contributed by atoms with Crippen LogP contribution < -0.4 is 5.32 Å². The lowest BCUT2D eigenvalue weighted by Crippen LogP contribution is -2.41. The number of nitrogens with one attached hydrogen (secondary N) is 1. The van der Waals surface area contributed by atoms with Gasteiger partial charge in [0, 0.05) is 29.7 Å². The molecule has 1 amide bonds. The zero-order valence-corrected chi connectivity index (χ0v) is 18.5. The lowest BCUT2D eigenvalue weighted by molar-refractivity contribution is -0.120. The molecule has 8 heteroatoms. The fourth-order valence-corrected chi connectivity index (χ4v) is 6.49. The Morgan fingerprint density at radius 1 is 1.21 bits per heavy atom. The molecule has 3 rings (SSSR count). The lowest BCUT2D eigenvalue weighted by Gasteiger charge is -2.30. The molecule has 0 spiro atoms. The number of halogens is 1. The van der Waals surface area contributed by atoms with Crippen LogP contribution >= 0.6 is 22.9 Å². The van der Waals surface area contributed by atoms with E-state index < -0.39 is 10.0 Å². The number of nitrogens with zero attached hydrogens (tertiary/aromatic N) is 1. The molecular formula is C20H25ClN2O3S2. The summed E-state index contributed by atoms with van der Waals surface area (Å²) in [6.45, 7) is 4.78. The fourth-order valence-electron chi connectivity index (χ4n) is 3.59. The van der Waals surface area contributed by atoms with Crippen LogP contribution in [0, 0.1) is 5.92 Å². The Bertz CT molecular complexity index is 935. The molecule has 5 nitrogen and oxygen atoms in total. The van der Waals surface area contributed by atoms with Crippen molar-refractivity contribution in [3.05, 3.63) is 45.8 Å². The van der Waals surface area contributed by atoms with E-state index in [0.29, 0.717) is 35.2 Å². The van der Waals surface area contributed by atoms with Gasteiger partial charge in [-0.05, 0) is 54.3 Å². The predicted octanol–water partition coefficient (Wildman–Crippen LogP) is 4.57. The summed E-state index contributed by atoms with van der Waals surface area (Å²) < 4.78 is 27.1. The second-order valence-corrected chi connectivity index (χ2v) is 10.4. The molecule has 2 aromatic rings. The van der Waals surface area contributed by atoms with Gasteiger partial charge in [-0.1, -0.05) is 37.6 Å². The Morgan fingerprint density at radius 3 is 2.50 bits per heavy atom. The molecule has 0 aliphatic carbocycles. The molecule has 1 aromatic heterocycles. The third-order valence-electron chi connectivity index (χ3n) is 5.24. The molecule has 1 aliphatic heterocycles. The summed E-state index contributed by atoms with van der Waals surface area (Å²) in [4.78, 5) is 12.9. The average molecular weight is 441 g/mol. The van der Waals surface area contributed by atoms with E-state index in [9.17, 15) is 13.2 Å². The van der Waals surface area contributed by atoms with Crippen LogP contribution in [0.3, 0.4) is 0 Å². The van der Waals surface area contributed by atoms with E-state index in [0.717, 1.165) is 29.7 Å². The van der Waals surface area contributed by atoms with Gasteiger partial charge in [0.1, 0.15) is 4.21 Å². The number of piperidine rings is 1. The summed E-state index contributed by atoms with van der Waals surface area (Å²) in [5, 5.41) is 5.50. The standard InChI is InChI=1S/C20H25ClN2O3S2/c1-3-14-7-8-17(21)16(4-2)19(14)22-20(24)15-9-11-23(12-10-15)28(25,26)18-6-5-13-27-18/h5-8,13,15H,3-4,9-12H2,1-2H3,(H,22,24). The highest BCUT2D eigenvalue weighted by molar-refractivity contribution is 7.91. The van der Waals surface area contributed by atoms with Gasteiger partial charge in [0.15, 0.2) is 0 Å². The minimum Gasteiger partial charge on any atom is -0.325 e. The average Bonchev–Trinajstić information content (AvgIpc) is 3.24. The minimum atomic E-state index is -3.45. The molecule has 152 valence electrons. The summed E-state index contributed by atoms with van der Waals surface area (Å²) in [5.74, 6) is -0.261.